The van der Waals surface area contributed by atoms with E-state index in [2.05, 4.69) is 5.32 Å². The van der Waals surface area contributed by atoms with Crippen LogP contribution in [0.15, 0.2) is 42.5 Å². The van der Waals surface area contributed by atoms with Crippen molar-refractivity contribution in [2.75, 3.05) is 0 Å². The molecule has 1 atom stereocenters. The van der Waals surface area contributed by atoms with Crippen molar-refractivity contribution in [2.24, 2.45) is 0 Å². The van der Waals surface area contributed by atoms with E-state index in [0.29, 0.717) is 22.2 Å². The fraction of sp³-hybridized carbons (Fsp3) is 0.440. The van der Waals surface area contributed by atoms with Crippen molar-refractivity contribution in [3.8, 4) is 0 Å². The van der Waals surface area contributed by atoms with Crippen LogP contribution in [0, 0.1) is 6.92 Å². The average Bonchev–Trinajstić information content (AvgIpc) is 2.75. The van der Waals surface area contributed by atoms with Gasteiger partial charge in [-0.15, -0.1) is 0 Å². The molecule has 0 aromatic heterocycles. The molecule has 0 heterocycles. The van der Waals surface area contributed by atoms with Crippen LogP contribution in [0.2, 0.25) is 10.0 Å². The summed E-state index contributed by atoms with van der Waals surface area (Å²) in [7, 11) is 0. The molecular weight excluding hydrogens is 431 g/mol. The lowest BCUT2D eigenvalue weighted by Crippen LogP contribution is -2.50. The molecule has 2 aromatic carbocycles. The highest BCUT2D eigenvalue weighted by Gasteiger charge is 2.28. The van der Waals surface area contributed by atoms with Crippen LogP contribution >= 0.6 is 23.2 Å². The molecule has 31 heavy (non-hydrogen) atoms. The molecule has 1 aliphatic carbocycles. The zero-order valence-electron chi connectivity index (χ0n) is 18.2. The van der Waals surface area contributed by atoms with Crippen molar-refractivity contribution in [3.63, 3.8) is 0 Å². The van der Waals surface area contributed by atoms with E-state index in [1.165, 1.54) is 6.42 Å². The van der Waals surface area contributed by atoms with Gasteiger partial charge in [0.15, 0.2) is 0 Å². The third-order valence-electron chi connectivity index (χ3n) is 6.08. The van der Waals surface area contributed by atoms with Gasteiger partial charge < -0.3 is 10.2 Å². The van der Waals surface area contributed by atoms with E-state index in [4.69, 9.17) is 23.2 Å². The van der Waals surface area contributed by atoms with Crippen molar-refractivity contribution in [3.05, 3.63) is 69.2 Å². The second-order valence-corrected chi connectivity index (χ2v) is 9.22. The summed E-state index contributed by atoms with van der Waals surface area (Å²) in [6, 6.07) is 12.7. The molecule has 1 aliphatic rings. The molecule has 0 bridgehead atoms. The number of amides is 2. The molecule has 1 fully saturated rings. The van der Waals surface area contributed by atoms with Crippen molar-refractivity contribution in [1.82, 2.24) is 10.2 Å². The van der Waals surface area contributed by atoms with E-state index in [1.54, 1.807) is 30.0 Å². The average molecular weight is 461 g/mol. The summed E-state index contributed by atoms with van der Waals surface area (Å²) >= 11 is 12.3. The molecule has 6 heteroatoms. The lowest BCUT2D eigenvalue weighted by atomic mass is 9.95. The first-order chi connectivity index (χ1) is 14.8. The highest BCUT2D eigenvalue weighted by atomic mass is 35.5. The van der Waals surface area contributed by atoms with Gasteiger partial charge in [0.1, 0.15) is 6.04 Å². The van der Waals surface area contributed by atoms with Crippen LogP contribution in [0.1, 0.15) is 55.7 Å². The number of rotatable bonds is 7. The maximum Gasteiger partial charge on any atom is 0.242 e. The summed E-state index contributed by atoms with van der Waals surface area (Å²) in [5.41, 5.74) is 2.81. The summed E-state index contributed by atoms with van der Waals surface area (Å²) in [6.07, 6.45) is 5.63. The number of carbonyl (C=O) groups excluding carboxylic acids is 2. The number of nitrogens with zero attached hydrogens (tertiary/aromatic N) is 1. The lowest BCUT2D eigenvalue weighted by molar-refractivity contribution is -0.140. The number of halogens is 2. The third kappa shape index (κ3) is 6.47. The van der Waals surface area contributed by atoms with Gasteiger partial charge in [0.2, 0.25) is 11.8 Å². The maximum absolute atomic E-state index is 13.4. The van der Waals surface area contributed by atoms with Crippen LogP contribution in [0.3, 0.4) is 0 Å². The minimum atomic E-state index is -0.583. The Morgan fingerprint density at radius 2 is 1.77 bits per heavy atom. The number of carbonyl (C=O) groups is 2. The standard InChI is InChI=1S/C25H30Cl2N2O2/c1-17-8-6-7-9-20(17)16-29(18(2)25(31)28-22-10-4-3-5-11-22)24(30)14-19-12-13-21(26)15-23(19)27/h6-9,12-13,15,18,22H,3-5,10-11,14,16H2,1-2H3,(H,28,31)/t18-/m0/s1. The Morgan fingerprint density at radius 1 is 1.06 bits per heavy atom. The molecule has 0 unspecified atom stereocenters. The van der Waals surface area contributed by atoms with Gasteiger partial charge in [-0.1, -0.05) is 72.8 Å². The van der Waals surface area contributed by atoms with E-state index in [-0.39, 0.29) is 24.3 Å². The van der Waals surface area contributed by atoms with E-state index in [0.717, 1.165) is 36.8 Å². The van der Waals surface area contributed by atoms with Gasteiger partial charge in [-0.25, -0.2) is 0 Å². The van der Waals surface area contributed by atoms with Crippen molar-refractivity contribution >= 4 is 35.0 Å². The van der Waals surface area contributed by atoms with Crippen LogP contribution < -0.4 is 5.32 Å². The van der Waals surface area contributed by atoms with Gasteiger partial charge in [-0.2, -0.15) is 0 Å². The molecule has 1 N–H and O–H groups in total. The van der Waals surface area contributed by atoms with Gasteiger partial charge in [-0.05, 0) is 55.5 Å². The SMILES string of the molecule is Cc1ccccc1CN(C(=O)Cc1ccc(Cl)cc1Cl)[C@@H](C)C(=O)NC1CCCCC1. The third-order valence-corrected chi connectivity index (χ3v) is 6.66. The molecule has 0 saturated heterocycles. The zero-order valence-corrected chi connectivity index (χ0v) is 19.7. The largest absolute Gasteiger partial charge is 0.352 e. The molecule has 0 aliphatic heterocycles. The highest BCUT2D eigenvalue weighted by Crippen LogP contribution is 2.23. The zero-order chi connectivity index (χ0) is 22.4. The molecule has 0 spiro atoms. The second kappa shape index (κ2) is 11.0. The summed E-state index contributed by atoms with van der Waals surface area (Å²) < 4.78 is 0. The van der Waals surface area contributed by atoms with Crippen LogP contribution in [-0.2, 0) is 22.6 Å². The van der Waals surface area contributed by atoms with Gasteiger partial charge >= 0.3 is 0 Å². The van der Waals surface area contributed by atoms with Gasteiger partial charge in [0.05, 0.1) is 6.42 Å². The molecule has 2 aromatic rings. The second-order valence-electron chi connectivity index (χ2n) is 8.38. The van der Waals surface area contributed by atoms with Crippen LogP contribution in [0.25, 0.3) is 0 Å². The molecule has 166 valence electrons. The fourth-order valence-corrected chi connectivity index (χ4v) is 4.53. The van der Waals surface area contributed by atoms with Crippen LogP contribution in [0.4, 0.5) is 0 Å². The maximum atomic E-state index is 13.4. The summed E-state index contributed by atoms with van der Waals surface area (Å²) in [5.74, 6) is -0.241. The Morgan fingerprint density at radius 3 is 2.45 bits per heavy atom. The molecule has 4 nitrogen and oxygen atoms in total. The van der Waals surface area contributed by atoms with E-state index >= 15 is 0 Å². The number of hydrogen-bond acceptors (Lipinski definition) is 2. The van der Waals surface area contributed by atoms with Gasteiger partial charge in [0, 0.05) is 22.6 Å². The predicted octanol–water partition coefficient (Wildman–Crippen LogP) is 5.71. The number of hydrogen-bond donors (Lipinski definition) is 1. The Kier molecular flexibility index (Phi) is 8.39. The van der Waals surface area contributed by atoms with E-state index in [1.807, 2.05) is 31.2 Å². The predicted molar refractivity (Wildman–Crippen MR) is 126 cm³/mol. The molecule has 3 rings (SSSR count). The summed E-state index contributed by atoms with van der Waals surface area (Å²) in [5, 5.41) is 4.14. The first-order valence-corrected chi connectivity index (χ1v) is 11.7. The van der Waals surface area contributed by atoms with Crippen molar-refractivity contribution < 1.29 is 9.59 Å². The normalized spacial score (nSPS) is 15.4. The first kappa shape index (κ1) is 23.6. The van der Waals surface area contributed by atoms with E-state index in [9.17, 15) is 9.59 Å². The summed E-state index contributed by atoms with van der Waals surface area (Å²) in [4.78, 5) is 28.1. The van der Waals surface area contributed by atoms with Crippen molar-refractivity contribution in [2.45, 2.75) is 71.0 Å². The minimum Gasteiger partial charge on any atom is -0.352 e. The minimum absolute atomic E-state index is 0.101. The quantitative estimate of drug-likeness (QED) is 0.574. The molecule has 2 amide bonds. The number of nitrogens with one attached hydrogen (secondary N) is 1. The highest BCUT2D eigenvalue weighted by molar-refractivity contribution is 6.35. The van der Waals surface area contributed by atoms with E-state index < -0.39 is 6.04 Å². The monoisotopic (exact) mass is 460 g/mol. The number of benzene rings is 2. The summed E-state index contributed by atoms with van der Waals surface area (Å²) in [6.45, 7) is 4.19. The smallest absolute Gasteiger partial charge is 0.242 e. The number of aryl methyl sites for hydroxylation is 1. The molecule has 1 saturated carbocycles. The Balaban J connectivity index is 1.79. The fourth-order valence-electron chi connectivity index (χ4n) is 4.05. The molecule has 0 radical (unpaired) electrons. The first-order valence-electron chi connectivity index (χ1n) is 10.9. The Bertz CT molecular complexity index is 925. The lowest BCUT2D eigenvalue weighted by Gasteiger charge is -2.31. The molecular formula is C25H30Cl2N2O2. The topological polar surface area (TPSA) is 49.4 Å². The van der Waals surface area contributed by atoms with Crippen LogP contribution in [0.5, 0.6) is 0 Å². The van der Waals surface area contributed by atoms with Crippen molar-refractivity contribution in [1.29, 1.82) is 0 Å². The Hall–Kier alpha value is -2.04. The van der Waals surface area contributed by atoms with Gasteiger partial charge in [0.25, 0.3) is 0 Å². The van der Waals surface area contributed by atoms with Crippen LogP contribution in [-0.4, -0.2) is 28.8 Å². The Labute approximate surface area is 194 Å². The van der Waals surface area contributed by atoms with Gasteiger partial charge in [-0.3, -0.25) is 9.59 Å².